The van der Waals surface area contributed by atoms with E-state index in [2.05, 4.69) is 15.7 Å². The maximum Gasteiger partial charge on any atom is 0.255 e. The van der Waals surface area contributed by atoms with Crippen LogP contribution in [0.5, 0.6) is 5.75 Å². The highest BCUT2D eigenvalue weighted by Gasteiger charge is 2.21. The minimum Gasteiger partial charge on any atom is -0.497 e. The lowest BCUT2D eigenvalue weighted by molar-refractivity contribution is 0.0964. The summed E-state index contributed by atoms with van der Waals surface area (Å²) in [5, 5.41) is 9.92. The van der Waals surface area contributed by atoms with Gasteiger partial charge in [0.2, 0.25) is 0 Å². The third-order valence-electron chi connectivity index (χ3n) is 4.80. The molecule has 0 aliphatic heterocycles. The van der Waals surface area contributed by atoms with Gasteiger partial charge in [-0.05, 0) is 54.6 Å². The Morgan fingerprint density at radius 3 is 2.52 bits per heavy atom. The summed E-state index contributed by atoms with van der Waals surface area (Å²) in [5.41, 5.74) is 2.78. The van der Waals surface area contributed by atoms with E-state index in [1.54, 1.807) is 59.2 Å². The molecule has 0 aliphatic carbocycles. The zero-order valence-electron chi connectivity index (χ0n) is 16.8. The van der Waals surface area contributed by atoms with Gasteiger partial charge in [0.25, 0.3) is 11.8 Å². The fourth-order valence-corrected chi connectivity index (χ4v) is 3.25. The number of pyridine rings is 1. The van der Waals surface area contributed by atoms with E-state index in [0.29, 0.717) is 39.3 Å². The zero-order valence-corrected chi connectivity index (χ0v) is 16.8. The Morgan fingerprint density at radius 2 is 1.81 bits per heavy atom. The quantitative estimate of drug-likeness (QED) is 0.517. The van der Waals surface area contributed by atoms with E-state index < -0.39 is 0 Å². The van der Waals surface area contributed by atoms with Crippen LogP contribution in [0.15, 0.2) is 66.9 Å². The van der Waals surface area contributed by atoms with Crippen molar-refractivity contribution in [2.75, 3.05) is 19.5 Å². The Morgan fingerprint density at radius 1 is 1.03 bits per heavy atom. The summed E-state index contributed by atoms with van der Waals surface area (Å²) in [6.07, 6.45) is 1.65. The van der Waals surface area contributed by atoms with Crippen molar-refractivity contribution in [3.8, 4) is 17.0 Å². The van der Waals surface area contributed by atoms with E-state index in [9.17, 15) is 14.0 Å². The number of amides is 2. The van der Waals surface area contributed by atoms with E-state index >= 15 is 0 Å². The number of hydrogen-bond donors (Lipinski definition) is 2. The Balaban J connectivity index is 1.74. The first-order chi connectivity index (χ1) is 15.0. The lowest BCUT2D eigenvalue weighted by Gasteiger charge is -2.08. The minimum atomic E-state index is -0.378. The van der Waals surface area contributed by atoms with Gasteiger partial charge < -0.3 is 15.4 Å². The van der Waals surface area contributed by atoms with Crippen LogP contribution in [0.2, 0.25) is 0 Å². The first-order valence-electron chi connectivity index (χ1n) is 9.46. The number of aromatic nitrogens is 2. The summed E-state index contributed by atoms with van der Waals surface area (Å²) >= 11 is 0. The molecule has 2 heterocycles. The fraction of sp³-hybridized carbons (Fsp3) is 0.0870. The number of nitrogens with one attached hydrogen (secondary N) is 2. The second-order valence-corrected chi connectivity index (χ2v) is 6.74. The van der Waals surface area contributed by atoms with Gasteiger partial charge in [-0.2, -0.15) is 5.10 Å². The largest absolute Gasteiger partial charge is 0.497 e. The molecular weight excluding hydrogens is 399 g/mol. The van der Waals surface area contributed by atoms with Crippen molar-refractivity contribution in [2.45, 2.75) is 0 Å². The van der Waals surface area contributed by atoms with E-state index in [-0.39, 0.29) is 17.6 Å². The lowest BCUT2D eigenvalue weighted by atomic mass is 10.1. The number of carbonyl (C=O) groups excluding carboxylic acids is 2. The lowest BCUT2D eigenvalue weighted by Crippen LogP contribution is -2.18. The third-order valence-corrected chi connectivity index (χ3v) is 4.80. The predicted molar refractivity (Wildman–Crippen MR) is 115 cm³/mol. The number of benzene rings is 2. The highest BCUT2D eigenvalue weighted by Crippen LogP contribution is 2.28. The molecule has 0 bridgehead atoms. The van der Waals surface area contributed by atoms with Gasteiger partial charge in [-0.15, -0.1) is 0 Å². The van der Waals surface area contributed by atoms with E-state index in [4.69, 9.17) is 4.74 Å². The number of fused-ring (bicyclic) bond motifs is 1. The number of ether oxygens (including phenoxy) is 1. The number of carbonyl (C=O) groups is 2. The van der Waals surface area contributed by atoms with Crippen molar-refractivity contribution in [1.29, 1.82) is 0 Å². The average molecular weight is 418 g/mol. The normalized spacial score (nSPS) is 10.7. The second-order valence-electron chi connectivity index (χ2n) is 6.74. The van der Waals surface area contributed by atoms with Gasteiger partial charge in [0.15, 0.2) is 0 Å². The van der Waals surface area contributed by atoms with Gasteiger partial charge in [-0.1, -0.05) is 6.07 Å². The Labute approximate surface area is 177 Å². The number of halogens is 1. The molecule has 2 N–H and O–H groups in total. The van der Waals surface area contributed by atoms with Crippen molar-refractivity contribution in [3.05, 3.63) is 83.8 Å². The smallest absolute Gasteiger partial charge is 0.255 e. The van der Waals surface area contributed by atoms with E-state index in [1.807, 2.05) is 0 Å². The highest BCUT2D eigenvalue weighted by molar-refractivity contribution is 6.08. The molecule has 0 fully saturated rings. The Hall–Kier alpha value is -4.20. The average Bonchev–Trinajstić information content (AvgIpc) is 3.17. The molecule has 31 heavy (non-hydrogen) atoms. The molecule has 2 aromatic heterocycles. The van der Waals surface area contributed by atoms with Gasteiger partial charge >= 0.3 is 0 Å². The topological polar surface area (TPSA) is 84.7 Å². The molecule has 0 saturated heterocycles. The third kappa shape index (κ3) is 3.95. The minimum absolute atomic E-state index is 0.317. The standard InChI is InChI=1S/C23H19FN4O3/c1-25-23(30)20-19-13-17(26-22(29)15-4-3-5-18(12-15)31-2)10-11-28(19)27-21(20)14-6-8-16(24)9-7-14/h3-13H,1-2H3,(H,25,30)(H,26,29). The number of anilines is 1. The van der Waals surface area contributed by atoms with Gasteiger partial charge in [-0.25, -0.2) is 8.91 Å². The molecule has 0 aliphatic rings. The number of nitrogens with zero attached hydrogens (tertiary/aromatic N) is 2. The van der Waals surface area contributed by atoms with Crippen LogP contribution in [0.4, 0.5) is 10.1 Å². The fourth-order valence-electron chi connectivity index (χ4n) is 3.25. The molecule has 8 heteroatoms. The molecule has 156 valence electrons. The molecule has 0 spiro atoms. The van der Waals surface area contributed by atoms with Crippen LogP contribution < -0.4 is 15.4 Å². The zero-order chi connectivity index (χ0) is 22.0. The van der Waals surface area contributed by atoms with Gasteiger partial charge in [0.1, 0.15) is 17.3 Å². The summed E-state index contributed by atoms with van der Waals surface area (Å²) in [7, 11) is 3.05. The number of hydrogen-bond acceptors (Lipinski definition) is 4. The van der Waals surface area contributed by atoms with Crippen LogP contribution in [0.3, 0.4) is 0 Å². The first kappa shape index (κ1) is 20.1. The Kier molecular flexibility index (Phi) is 5.36. The summed E-state index contributed by atoms with van der Waals surface area (Å²) < 4.78 is 20.0. The molecule has 2 amide bonds. The van der Waals surface area contributed by atoms with Gasteiger partial charge in [0, 0.05) is 30.1 Å². The molecule has 0 saturated carbocycles. The molecular formula is C23H19FN4O3. The van der Waals surface area contributed by atoms with Crippen LogP contribution in [-0.4, -0.2) is 35.6 Å². The van der Waals surface area contributed by atoms with Crippen LogP contribution in [-0.2, 0) is 0 Å². The van der Waals surface area contributed by atoms with Crippen molar-refractivity contribution >= 4 is 23.0 Å². The molecule has 2 aromatic carbocycles. The van der Waals surface area contributed by atoms with Gasteiger partial charge in [-0.3, -0.25) is 9.59 Å². The van der Waals surface area contributed by atoms with Crippen molar-refractivity contribution in [1.82, 2.24) is 14.9 Å². The summed E-state index contributed by atoms with van der Waals surface area (Å²) in [5.74, 6) is -0.463. The van der Waals surface area contributed by atoms with Crippen LogP contribution in [0.25, 0.3) is 16.8 Å². The van der Waals surface area contributed by atoms with E-state index in [0.717, 1.165) is 0 Å². The maximum atomic E-state index is 13.3. The Bertz CT molecular complexity index is 1280. The van der Waals surface area contributed by atoms with Crippen LogP contribution in [0, 0.1) is 5.82 Å². The monoisotopic (exact) mass is 418 g/mol. The second kappa shape index (κ2) is 8.27. The van der Waals surface area contributed by atoms with Crippen LogP contribution in [0.1, 0.15) is 20.7 Å². The summed E-state index contributed by atoms with van der Waals surface area (Å²) in [6.45, 7) is 0. The first-order valence-corrected chi connectivity index (χ1v) is 9.46. The maximum absolute atomic E-state index is 13.3. The molecule has 0 unspecified atom stereocenters. The molecule has 4 aromatic rings. The predicted octanol–water partition coefficient (Wildman–Crippen LogP) is 3.76. The van der Waals surface area contributed by atoms with Crippen molar-refractivity contribution in [2.24, 2.45) is 0 Å². The number of methoxy groups -OCH3 is 1. The van der Waals surface area contributed by atoms with Gasteiger partial charge in [0.05, 0.1) is 18.2 Å². The van der Waals surface area contributed by atoms with Crippen molar-refractivity contribution in [3.63, 3.8) is 0 Å². The highest BCUT2D eigenvalue weighted by atomic mass is 19.1. The molecule has 7 nitrogen and oxygen atoms in total. The summed E-state index contributed by atoms with van der Waals surface area (Å²) in [6, 6.07) is 15.9. The number of rotatable bonds is 5. The SMILES string of the molecule is CNC(=O)c1c(-c2ccc(F)cc2)nn2ccc(NC(=O)c3cccc(OC)c3)cc12. The van der Waals surface area contributed by atoms with Crippen LogP contribution >= 0.6 is 0 Å². The summed E-state index contributed by atoms with van der Waals surface area (Å²) in [4.78, 5) is 25.3. The molecule has 0 atom stereocenters. The molecule has 0 radical (unpaired) electrons. The van der Waals surface area contributed by atoms with Crippen molar-refractivity contribution < 1.29 is 18.7 Å². The van der Waals surface area contributed by atoms with E-state index in [1.165, 1.54) is 26.3 Å². The molecule has 4 rings (SSSR count).